The molecular weight excluding hydrogens is 242 g/mol. The summed E-state index contributed by atoms with van der Waals surface area (Å²) in [5, 5.41) is 9.39. The van der Waals surface area contributed by atoms with Crippen molar-refractivity contribution in [3.63, 3.8) is 0 Å². The summed E-state index contributed by atoms with van der Waals surface area (Å²) >= 11 is 5.71. The number of nitrogens with zero attached hydrogens (tertiary/aromatic N) is 3. The van der Waals surface area contributed by atoms with Gasteiger partial charge in [-0.1, -0.05) is 11.6 Å². The summed E-state index contributed by atoms with van der Waals surface area (Å²) in [6, 6.07) is 4.69. The van der Waals surface area contributed by atoms with Gasteiger partial charge in [0.25, 0.3) is 0 Å². The largest absolute Gasteiger partial charge is 0.477 e. The van der Waals surface area contributed by atoms with Crippen LogP contribution in [0.1, 0.15) is 16.2 Å². The molecule has 0 saturated carbocycles. The average molecular weight is 250 g/mol. The van der Waals surface area contributed by atoms with Gasteiger partial charge in [0.1, 0.15) is 5.69 Å². The standard InChI is InChI=1S/C11H8ClN3O2/c1-6-4-9(11(16)17)15-10(14-6)8-3-2-7(12)5-13-8/h2-5H,1H3,(H,16,17). The van der Waals surface area contributed by atoms with Gasteiger partial charge in [-0.3, -0.25) is 4.98 Å². The molecule has 0 radical (unpaired) electrons. The molecule has 0 saturated heterocycles. The van der Waals surface area contributed by atoms with Gasteiger partial charge >= 0.3 is 5.97 Å². The summed E-state index contributed by atoms with van der Waals surface area (Å²) < 4.78 is 0. The van der Waals surface area contributed by atoms with Crippen molar-refractivity contribution in [3.8, 4) is 11.5 Å². The van der Waals surface area contributed by atoms with Gasteiger partial charge in [0, 0.05) is 11.9 Å². The number of carbonyl (C=O) groups is 1. The lowest BCUT2D eigenvalue weighted by molar-refractivity contribution is 0.0690. The lowest BCUT2D eigenvalue weighted by Gasteiger charge is -2.02. The molecule has 0 aromatic carbocycles. The third-order valence-electron chi connectivity index (χ3n) is 2.03. The van der Waals surface area contributed by atoms with Crippen LogP contribution in [0.4, 0.5) is 0 Å². The SMILES string of the molecule is Cc1cc(C(=O)O)nc(-c2ccc(Cl)cn2)n1. The minimum Gasteiger partial charge on any atom is -0.477 e. The van der Waals surface area contributed by atoms with E-state index in [4.69, 9.17) is 16.7 Å². The van der Waals surface area contributed by atoms with Crippen molar-refractivity contribution in [3.05, 3.63) is 40.8 Å². The predicted octanol–water partition coefficient (Wildman–Crippen LogP) is 2.20. The van der Waals surface area contributed by atoms with Crippen molar-refractivity contribution >= 4 is 17.6 Å². The molecule has 0 atom stereocenters. The Kier molecular flexibility index (Phi) is 3.01. The van der Waals surface area contributed by atoms with Gasteiger partial charge in [0.05, 0.1) is 5.02 Å². The number of halogens is 1. The molecule has 0 aliphatic carbocycles. The van der Waals surface area contributed by atoms with E-state index in [-0.39, 0.29) is 11.5 Å². The maximum absolute atomic E-state index is 10.9. The van der Waals surface area contributed by atoms with Crippen LogP contribution in [0.25, 0.3) is 11.5 Å². The van der Waals surface area contributed by atoms with E-state index in [0.29, 0.717) is 16.4 Å². The van der Waals surface area contributed by atoms with E-state index >= 15 is 0 Å². The fraction of sp³-hybridized carbons (Fsp3) is 0.0909. The van der Waals surface area contributed by atoms with E-state index in [9.17, 15) is 4.79 Å². The first-order valence-electron chi connectivity index (χ1n) is 4.77. The fourth-order valence-electron chi connectivity index (χ4n) is 1.30. The number of aromatic carboxylic acids is 1. The molecule has 2 heterocycles. The Balaban J connectivity index is 2.51. The molecule has 0 aliphatic heterocycles. The number of aryl methyl sites for hydroxylation is 1. The third kappa shape index (κ3) is 2.57. The normalized spacial score (nSPS) is 10.2. The zero-order chi connectivity index (χ0) is 12.4. The van der Waals surface area contributed by atoms with Crippen molar-refractivity contribution in [1.29, 1.82) is 0 Å². The van der Waals surface area contributed by atoms with E-state index in [0.717, 1.165) is 0 Å². The van der Waals surface area contributed by atoms with Gasteiger partial charge in [-0.05, 0) is 25.1 Å². The van der Waals surface area contributed by atoms with Crippen LogP contribution >= 0.6 is 11.6 Å². The molecule has 0 fully saturated rings. The summed E-state index contributed by atoms with van der Waals surface area (Å²) in [6.45, 7) is 1.70. The second kappa shape index (κ2) is 4.47. The summed E-state index contributed by atoms with van der Waals surface area (Å²) in [6.07, 6.45) is 1.46. The monoisotopic (exact) mass is 249 g/mol. The molecule has 2 aromatic heterocycles. The van der Waals surface area contributed by atoms with Gasteiger partial charge in [-0.2, -0.15) is 0 Å². The third-order valence-corrected chi connectivity index (χ3v) is 2.25. The Hall–Kier alpha value is -2.01. The van der Waals surface area contributed by atoms with E-state index in [1.165, 1.54) is 12.3 Å². The van der Waals surface area contributed by atoms with Crippen molar-refractivity contribution in [2.75, 3.05) is 0 Å². The lowest BCUT2D eigenvalue weighted by Crippen LogP contribution is -2.04. The number of hydrogen-bond donors (Lipinski definition) is 1. The van der Waals surface area contributed by atoms with E-state index < -0.39 is 5.97 Å². The van der Waals surface area contributed by atoms with Crippen LogP contribution in [0.2, 0.25) is 5.02 Å². The van der Waals surface area contributed by atoms with Gasteiger partial charge in [-0.25, -0.2) is 14.8 Å². The lowest BCUT2D eigenvalue weighted by atomic mass is 10.3. The number of aromatic nitrogens is 3. The number of hydrogen-bond acceptors (Lipinski definition) is 4. The quantitative estimate of drug-likeness (QED) is 0.883. The van der Waals surface area contributed by atoms with Crippen molar-refractivity contribution < 1.29 is 9.90 Å². The summed E-state index contributed by atoms with van der Waals surface area (Å²) in [4.78, 5) is 23.0. The molecular formula is C11H8ClN3O2. The molecule has 86 valence electrons. The first-order valence-corrected chi connectivity index (χ1v) is 5.15. The van der Waals surface area contributed by atoms with Crippen LogP contribution in [0.15, 0.2) is 24.4 Å². The Morgan fingerprint density at radius 1 is 1.35 bits per heavy atom. The molecule has 5 nitrogen and oxygen atoms in total. The Morgan fingerprint density at radius 3 is 2.71 bits per heavy atom. The number of carboxylic acid groups (broad SMARTS) is 1. The Labute approximate surface area is 102 Å². The van der Waals surface area contributed by atoms with Gasteiger partial charge in [0.15, 0.2) is 11.5 Å². The highest BCUT2D eigenvalue weighted by molar-refractivity contribution is 6.30. The number of pyridine rings is 1. The minimum absolute atomic E-state index is 0.0516. The summed E-state index contributed by atoms with van der Waals surface area (Å²) in [7, 11) is 0. The Morgan fingerprint density at radius 2 is 2.12 bits per heavy atom. The van der Waals surface area contributed by atoms with Crippen LogP contribution < -0.4 is 0 Å². The van der Waals surface area contributed by atoms with E-state index in [1.54, 1.807) is 19.1 Å². The molecule has 1 N–H and O–H groups in total. The van der Waals surface area contributed by atoms with Crippen molar-refractivity contribution in [2.24, 2.45) is 0 Å². The molecule has 17 heavy (non-hydrogen) atoms. The summed E-state index contributed by atoms with van der Waals surface area (Å²) in [5.74, 6) is -0.815. The zero-order valence-electron chi connectivity index (χ0n) is 8.88. The minimum atomic E-state index is -1.09. The highest BCUT2D eigenvalue weighted by atomic mass is 35.5. The molecule has 2 aromatic rings. The first kappa shape index (κ1) is 11.5. The highest BCUT2D eigenvalue weighted by Crippen LogP contribution is 2.15. The molecule has 0 spiro atoms. The predicted molar refractivity (Wildman–Crippen MR) is 62.0 cm³/mol. The Bertz CT molecular complexity index is 569. The van der Waals surface area contributed by atoms with Crippen LogP contribution in [0, 0.1) is 6.92 Å². The molecule has 6 heteroatoms. The molecule has 0 unspecified atom stereocenters. The topological polar surface area (TPSA) is 76.0 Å². The zero-order valence-corrected chi connectivity index (χ0v) is 9.64. The first-order chi connectivity index (χ1) is 8.06. The van der Waals surface area contributed by atoms with Gasteiger partial charge in [0.2, 0.25) is 0 Å². The number of rotatable bonds is 2. The average Bonchev–Trinajstić information content (AvgIpc) is 2.29. The second-order valence-corrected chi connectivity index (χ2v) is 3.82. The smallest absolute Gasteiger partial charge is 0.354 e. The van der Waals surface area contributed by atoms with Crippen LogP contribution in [0.5, 0.6) is 0 Å². The number of carboxylic acids is 1. The molecule has 2 rings (SSSR count). The van der Waals surface area contributed by atoms with Crippen molar-refractivity contribution in [2.45, 2.75) is 6.92 Å². The van der Waals surface area contributed by atoms with Crippen LogP contribution in [-0.4, -0.2) is 26.0 Å². The van der Waals surface area contributed by atoms with E-state index in [1.807, 2.05) is 0 Å². The van der Waals surface area contributed by atoms with E-state index in [2.05, 4.69) is 15.0 Å². The van der Waals surface area contributed by atoms with Crippen LogP contribution in [-0.2, 0) is 0 Å². The highest BCUT2D eigenvalue weighted by Gasteiger charge is 2.10. The molecule has 0 amide bonds. The molecule has 0 bridgehead atoms. The van der Waals surface area contributed by atoms with Gasteiger partial charge < -0.3 is 5.11 Å². The van der Waals surface area contributed by atoms with Crippen LogP contribution in [0.3, 0.4) is 0 Å². The summed E-state index contributed by atoms with van der Waals surface area (Å²) in [5.41, 5.74) is 1.01. The maximum atomic E-state index is 10.9. The second-order valence-electron chi connectivity index (χ2n) is 3.38. The van der Waals surface area contributed by atoms with Crippen molar-refractivity contribution in [1.82, 2.24) is 15.0 Å². The van der Waals surface area contributed by atoms with Gasteiger partial charge in [-0.15, -0.1) is 0 Å². The fourth-order valence-corrected chi connectivity index (χ4v) is 1.41. The maximum Gasteiger partial charge on any atom is 0.354 e. The molecule has 0 aliphatic rings.